The fourth-order valence-corrected chi connectivity index (χ4v) is 7.09. The standard InChI is InChI=1S/C45H42N2O8/c1-28-18-22-32(23-19-28)40-36(44(50)54-5)34(42(48)52-3)38(30-14-9-7-10-15-30)46(40)26-13-27-47-39(31-16-11-8-12-17-31)35(43(49)53-4)37(45(51)55-6)41(47)33-24-20-29(2)21-25-33/h7-12,14-25H,13,26-27H2,1-6H3. The van der Waals surface area contributed by atoms with Crippen molar-refractivity contribution in [3.63, 3.8) is 0 Å². The Morgan fingerprint density at radius 2 is 0.655 bits per heavy atom. The second-order valence-corrected chi connectivity index (χ2v) is 13.0. The lowest BCUT2D eigenvalue weighted by molar-refractivity contribution is 0.0558. The topological polar surface area (TPSA) is 115 Å². The van der Waals surface area contributed by atoms with E-state index in [1.165, 1.54) is 28.4 Å². The Balaban J connectivity index is 1.62. The predicted octanol–water partition coefficient (Wildman–Crippen LogP) is 8.81. The SMILES string of the molecule is COC(=O)c1c(C(=O)OC)c(-c2ccc(C)cc2)n(CCCn2c(-c3ccccc3)c(C(=O)OC)c(C(=O)OC)c2-c2ccc(C)cc2)c1-c1ccccc1. The summed E-state index contributed by atoms with van der Waals surface area (Å²) in [6.07, 6.45) is 0.406. The smallest absolute Gasteiger partial charge is 0.340 e. The Labute approximate surface area is 319 Å². The molecule has 2 heterocycles. The zero-order valence-electron chi connectivity index (χ0n) is 31.7. The number of nitrogens with zero attached hydrogens (tertiary/aromatic N) is 2. The monoisotopic (exact) mass is 738 g/mol. The summed E-state index contributed by atoms with van der Waals surface area (Å²) in [5.41, 5.74) is 7.13. The summed E-state index contributed by atoms with van der Waals surface area (Å²) in [7, 11) is 5.12. The average Bonchev–Trinajstić information content (AvgIpc) is 3.74. The second-order valence-electron chi connectivity index (χ2n) is 13.0. The van der Waals surface area contributed by atoms with Gasteiger partial charge in [-0.05, 0) is 42.5 Å². The summed E-state index contributed by atoms with van der Waals surface area (Å²) in [6.45, 7) is 4.51. The van der Waals surface area contributed by atoms with Gasteiger partial charge in [-0.25, -0.2) is 19.2 Å². The number of aromatic nitrogens is 2. The van der Waals surface area contributed by atoms with Gasteiger partial charge in [-0.3, -0.25) is 0 Å². The van der Waals surface area contributed by atoms with Crippen LogP contribution in [0.15, 0.2) is 109 Å². The van der Waals surface area contributed by atoms with Gasteiger partial charge >= 0.3 is 23.9 Å². The van der Waals surface area contributed by atoms with Crippen molar-refractivity contribution in [2.75, 3.05) is 28.4 Å². The van der Waals surface area contributed by atoms with E-state index in [-0.39, 0.29) is 35.3 Å². The summed E-state index contributed by atoms with van der Waals surface area (Å²) in [4.78, 5) is 54.9. The van der Waals surface area contributed by atoms with Gasteiger partial charge < -0.3 is 28.1 Å². The number of ether oxygens (including phenoxy) is 4. The quantitative estimate of drug-likeness (QED) is 0.0904. The molecule has 280 valence electrons. The highest BCUT2D eigenvalue weighted by atomic mass is 16.5. The third-order valence-electron chi connectivity index (χ3n) is 9.59. The van der Waals surface area contributed by atoms with E-state index in [0.717, 1.165) is 11.1 Å². The molecule has 0 aliphatic carbocycles. The van der Waals surface area contributed by atoms with Crippen molar-refractivity contribution >= 4 is 23.9 Å². The number of aryl methyl sites for hydroxylation is 2. The number of methoxy groups -OCH3 is 4. The van der Waals surface area contributed by atoms with E-state index in [4.69, 9.17) is 18.9 Å². The van der Waals surface area contributed by atoms with E-state index in [0.29, 0.717) is 51.5 Å². The van der Waals surface area contributed by atoms with Crippen LogP contribution in [0.1, 0.15) is 59.0 Å². The minimum absolute atomic E-state index is 0.0864. The maximum absolute atomic E-state index is 13.7. The van der Waals surface area contributed by atoms with Gasteiger partial charge in [-0.1, -0.05) is 120 Å². The van der Waals surface area contributed by atoms with Crippen LogP contribution in [0, 0.1) is 13.8 Å². The molecule has 10 heteroatoms. The van der Waals surface area contributed by atoms with Gasteiger partial charge in [0.1, 0.15) is 22.3 Å². The Kier molecular flexibility index (Phi) is 11.5. The summed E-state index contributed by atoms with van der Waals surface area (Å²) in [5.74, 6) is -2.74. The third-order valence-corrected chi connectivity index (χ3v) is 9.59. The normalized spacial score (nSPS) is 10.9. The molecule has 2 aromatic heterocycles. The molecule has 10 nitrogen and oxygen atoms in total. The van der Waals surface area contributed by atoms with Crippen LogP contribution in [0.25, 0.3) is 45.0 Å². The first kappa shape index (κ1) is 38.1. The van der Waals surface area contributed by atoms with E-state index in [2.05, 4.69) is 0 Å². The molecule has 0 saturated heterocycles. The number of hydrogen-bond acceptors (Lipinski definition) is 8. The van der Waals surface area contributed by atoms with Gasteiger partial charge in [0.15, 0.2) is 0 Å². The van der Waals surface area contributed by atoms with Crippen LogP contribution < -0.4 is 0 Å². The van der Waals surface area contributed by atoms with Crippen molar-refractivity contribution in [3.05, 3.63) is 143 Å². The Morgan fingerprint density at radius 3 is 0.909 bits per heavy atom. The second kappa shape index (κ2) is 16.6. The number of hydrogen-bond donors (Lipinski definition) is 0. The Bertz CT molecular complexity index is 2190. The number of carbonyl (C=O) groups is 4. The molecule has 0 bridgehead atoms. The molecular weight excluding hydrogens is 697 g/mol. The van der Waals surface area contributed by atoms with E-state index < -0.39 is 23.9 Å². The van der Waals surface area contributed by atoms with Gasteiger partial charge in [-0.2, -0.15) is 0 Å². The van der Waals surface area contributed by atoms with Crippen LogP contribution in [0.4, 0.5) is 0 Å². The molecule has 0 aliphatic rings. The van der Waals surface area contributed by atoms with Crippen molar-refractivity contribution in [2.24, 2.45) is 0 Å². The lowest BCUT2D eigenvalue weighted by atomic mass is 10.0. The van der Waals surface area contributed by atoms with Crippen LogP contribution in [-0.4, -0.2) is 61.5 Å². The molecule has 0 N–H and O–H groups in total. The number of rotatable bonds is 12. The minimum Gasteiger partial charge on any atom is -0.465 e. The zero-order chi connectivity index (χ0) is 39.2. The molecule has 0 radical (unpaired) electrons. The number of esters is 4. The average molecular weight is 739 g/mol. The molecule has 0 unspecified atom stereocenters. The van der Waals surface area contributed by atoms with Crippen LogP contribution in [0.2, 0.25) is 0 Å². The molecule has 55 heavy (non-hydrogen) atoms. The van der Waals surface area contributed by atoms with E-state index in [9.17, 15) is 19.2 Å². The molecular formula is C45H42N2O8. The lowest BCUT2D eigenvalue weighted by Crippen LogP contribution is -2.11. The maximum atomic E-state index is 13.7. The molecule has 0 spiro atoms. The number of carbonyl (C=O) groups excluding carboxylic acids is 4. The van der Waals surface area contributed by atoms with Gasteiger partial charge in [0.2, 0.25) is 0 Å². The molecule has 0 fully saturated rings. The Hall–Kier alpha value is -6.68. The van der Waals surface area contributed by atoms with Gasteiger partial charge in [-0.15, -0.1) is 0 Å². The molecule has 6 aromatic rings. The van der Waals surface area contributed by atoms with Crippen LogP contribution in [0.3, 0.4) is 0 Å². The van der Waals surface area contributed by atoms with Crippen LogP contribution in [-0.2, 0) is 32.0 Å². The molecule has 6 rings (SSSR count). The molecule has 0 saturated carbocycles. The van der Waals surface area contributed by atoms with Crippen molar-refractivity contribution < 1.29 is 38.1 Å². The highest BCUT2D eigenvalue weighted by Gasteiger charge is 2.36. The lowest BCUT2D eigenvalue weighted by Gasteiger charge is -2.18. The summed E-state index contributed by atoms with van der Waals surface area (Å²) < 4.78 is 25.1. The fourth-order valence-electron chi connectivity index (χ4n) is 7.09. The highest BCUT2D eigenvalue weighted by molar-refractivity contribution is 6.13. The largest absolute Gasteiger partial charge is 0.465 e. The van der Waals surface area contributed by atoms with Crippen LogP contribution >= 0.6 is 0 Å². The molecule has 0 atom stereocenters. The molecule has 0 amide bonds. The van der Waals surface area contributed by atoms with Crippen molar-refractivity contribution in [1.29, 1.82) is 0 Å². The molecule has 0 aliphatic heterocycles. The predicted molar refractivity (Wildman–Crippen MR) is 210 cm³/mol. The molecule has 4 aromatic carbocycles. The van der Waals surface area contributed by atoms with Crippen molar-refractivity contribution in [3.8, 4) is 45.0 Å². The summed E-state index contributed by atoms with van der Waals surface area (Å²) in [5, 5.41) is 0. The first-order valence-electron chi connectivity index (χ1n) is 17.8. The van der Waals surface area contributed by atoms with Crippen LogP contribution in [0.5, 0.6) is 0 Å². The van der Waals surface area contributed by atoms with Gasteiger partial charge in [0.25, 0.3) is 0 Å². The first-order chi connectivity index (χ1) is 26.6. The van der Waals surface area contributed by atoms with E-state index >= 15 is 0 Å². The highest BCUT2D eigenvalue weighted by Crippen LogP contribution is 2.41. The maximum Gasteiger partial charge on any atom is 0.340 e. The van der Waals surface area contributed by atoms with E-state index in [1.54, 1.807) is 0 Å². The van der Waals surface area contributed by atoms with Gasteiger partial charge in [0.05, 0.1) is 51.2 Å². The van der Waals surface area contributed by atoms with Crippen molar-refractivity contribution in [1.82, 2.24) is 9.13 Å². The third kappa shape index (κ3) is 7.31. The zero-order valence-corrected chi connectivity index (χ0v) is 31.7. The Morgan fingerprint density at radius 1 is 0.400 bits per heavy atom. The fraction of sp³-hybridized carbons (Fsp3) is 0.200. The van der Waals surface area contributed by atoms with E-state index in [1.807, 2.05) is 132 Å². The number of benzene rings is 4. The van der Waals surface area contributed by atoms with Gasteiger partial charge in [0, 0.05) is 13.1 Å². The summed E-state index contributed by atoms with van der Waals surface area (Å²) >= 11 is 0. The van der Waals surface area contributed by atoms with Crippen molar-refractivity contribution in [2.45, 2.75) is 33.4 Å². The minimum atomic E-state index is -0.685. The summed E-state index contributed by atoms with van der Waals surface area (Å²) in [6, 6.07) is 34.1. The first-order valence-corrected chi connectivity index (χ1v) is 17.8.